The Hall–Kier alpha value is -1.71. The molecule has 94 valence electrons. The van der Waals surface area contributed by atoms with Crippen LogP contribution in [0.25, 0.3) is 11.5 Å². The van der Waals surface area contributed by atoms with E-state index in [1.165, 1.54) is 32.1 Å². The quantitative estimate of drug-likeness (QED) is 0.810. The largest absolute Gasteiger partial charge is 0.334 e. The molecule has 0 bridgehead atoms. The van der Waals surface area contributed by atoms with E-state index in [4.69, 9.17) is 4.52 Å². The number of aryl methyl sites for hydroxylation is 1. The van der Waals surface area contributed by atoms with Gasteiger partial charge in [-0.3, -0.25) is 4.98 Å². The Labute approximate surface area is 106 Å². The minimum Gasteiger partial charge on any atom is -0.334 e. The minimum absolute atomic E-state index is 0.480. The first kappa shape index (κ1) is 11.4. The zero-order chi connectivity index (χ0) is 12.4. The summed E-state index contributed by atoms with van der Waals surface area (Å²) in [6, 6.07) is 3.87. The smallest absolute Gasteiger partial charge is 0.259 e. The molecule has 0 N–H and O–H groups in total. The summed E-state index contributed by atoms with van der Waals surface area (Å²) in [5.74, 6) is 1.95. The van der Waals surface area contributed by atoms with Gasteiger partial charge in [0.25, 0.3) is 5.89 Å². The summed E-state index contributed by atoms with van der Waals surface area (Å²) < 4.78 is 5.38. The Kier molecular flexibility index (Phi) is 3.09. The highest BCUT2D eigenvalue weighted by atomic mass is 16.5. The van der Waals surface area contributed by atoms with Crippen LogP contribution in [0.1, 0.15) is 49.5 Å². The van der Waals surface area contributed by atoms with Crippen molar-refractivity contribution in [3.8, 4) is 11.5 Å². The fourth-order valence-corrected chi connectivity index (χ4v) is 2.58. The van der Waals surface area contributed by atoms with Gasteiger partial charge in [0.05, 0.1) is 5.56 Å². The second-order valence-electron chi connectivity index (χ2n) is 4.93. The van der Waals surface area contributed by atoms with Crippen LogP contribution in [0.4, 0.5) is 0 Å². The number of hydrogen-bond donors (Lipinski definition) is 0. The Morgan fingerprint density at radius 1 is 1.22 bits per heavy atom. The molecule has 0 radical (unpaired) electrons. The first-order valence-corrected chi connectivity index (χ1v) is 6.60. The summed E-state index contributed by atoms with van der Waals surface area (Å²) >= 11 is 0. The van der Waals surface area contributed by atoms with Gasteiger partial charge in [0, 0.05) is 17.8 Å². The number of pyridine rings is 1. The van der Waals surface area contributed by atoms with Crippen molar-refractivity contribution in [1.29, 1.82) is 0 Å². The van der Waals surface area contributed by atoms with Gasteiger partial charge >= 0.3 is 0 Å². The van der Waals surface area contributed by atoms with Crippen molar-refractivity contribution in [3.05, 3.63) is 29.8 Å². The van der Waals surface area contributed by atoms with Gasteiger partial charge < -0.3 is 4.52 Å². The average Bonchev–Trinajstić information content (AvgIpc) is 2.90. The molecule has 0 saturated heterocycles. The molecule has 0 aliphatic heterocycles. The first-order chi connectivity index (χ1) is 8.84. The molecule has 18 heavy (non-hydrogen) atoms. The summed E-state index contributed by atoms with van der Waals surface area (Å²) in [7, 11) is 0. The summed E-state index contributed by atoms with van der Waals surface area (Å²) in [6.07, 6.45) is 8.04. The van der Waals surface area contributed by atoms with E-state index in [9.17, 15) is 0 Å². The van der Waals surface area contributed by atoms with Crippen molar-refractivity contribution in [2.24, 2.45) is 0 Å². The summed E-state index contributed by atoms with van der Waals surface area (Å²) in [5.41, 5.74) is 1.86. The molecule has 0 spiro atoms. The van der Waals surface area contributed by atoms with Crippen LogP contribution in [0.3, 0.4) is 0 Å². The Morgan fingerprint density at radius 3 is 2.83 bits per heavy atom. The lowest BCUT2D eigenvalue weighted by atomic mass is 9.89. The lowest BCUT2D eigenvalue weighted by molar-refractivity contribution is 0.385. The third kappa shape index (κ3) is 2.15. The molecule has 2 heterocycles. The maximum Gasteiger partial charge on any atom is 0.259 e. The summed E-state index contributed by atoms with van der Waals surface area (Å²) in [5, 5.41) is 4.14. The van der Waals surface area contributed by atoms with E-state index >= 15 is 0 Å². The zero-order valence-electron chi connectivity index (χ0n) is 10.6. The van der Waals surface area contributed by atoms with Gasteiger partial charge in [0.2, 0.25) is 0 Å². The van der Waals surface area contributed by atoms with Crippen LogP contribution in [0.2, 0.25) is 0 Å². The predicted molar refractivity (Wildman–Crippen MR) is 68.1 cm³/mol. The number of hydrogen-bond acceptors (Lipinski definition) is 4. The van der Waals surface area contributed by atoms with Crippen molar-refractivity contribution < 1.29 is 4.52 Å². The van der Waals surface area contributed by atoms with E-state index in [1.54, 1.807) is 6.20 Å². The molecule has 0 unspecified atom stereocenters. The van der Waals surface area contributed by atoms with Gasteiger partial charge in [-0.05, 0) is 31.9 Å². The van der Waals surface area contributed by atoms with E-state index < -0.39 is 0 Å². The molecule has 2 aromatic rings. The molecule has 0 aromatic carbocycles. The monoisotopic (exact) mass is 243 g/mol. The molecule has 4 nitrogen and oxygen atoms in total. The highest BCUT2D eigenvalue weighted by molar-refractivity contribution is 5.55. The van der Waals surface area contributed by atoms with Crippen molar-refractivity contribution >= 4 is 0 Å². The molecule has 2 aromatic heterocycles. The van der Waals surface area contributed by atoms with Gasteiger partial charge in [-0.25, -0.2) is 0 Å². The van der Waals surface area contributed by atoms with Gasteiger partial charge in [-0.1, -0.05) is 24.4 Å². The molecule has 0 atom stereocenters. The van der Waals surface area contributed by atoms with E-state index in [-0.39, 0.29) is 0 Å². The Morgan fingerprint density at radius 2 is 2.06 bits per heavy atom. The SMILES string of the molecule is Cc1ncccc1-c1nc(C2CCCCC2)no1. The van der Waals surface area contributed by atoms with Crippen LogP contribution in [0.5, 0.6) is 0 Å². The van der Waals surface area contributed by atoms with Crippen LogP contribution >= 0.6 is 0 Å². The normalized spacial score (nSPS) is 16.9. The van der Waals surface area contributed by atoms with Crippen LogP contribution in [-0.4, -0.2) is 15.1 Å². The fourth-order valence-electron chi connectivity index (χ4n) is 2.58. The average molecular weight is 243 g/mol. The predicted octanol–water partition coefficient (Wildman–Crippen LogP) is 3.49. The molecule has 1 aliphatic carbocycles. The molecular weight excluding hydrogens is 226 g/mol. The van der Waals surface area contributed by atoms with Crippen LogP contribution < -0.4 is 0 Å². The van der Waals surface area contributed by atoms with Crippen LogP contribution in [0, 0.1) is 6.92 Å². The summed E-state index contributed by atoms with van der Waals surface area (Å²) in [4.78, 5) is 8.80. The molecule has 1 aliphatic rings. The maximum atomic E-state index is 5.38. The van der Waals surface area contributed by atoms with Crippen molar-refractivity contribution in [1.82, 2.24) is 15.1 Å². The van der Waals surface area contributed by atoms with Crippen LogP contribution in [0.15, 0.2) is 22.9 Å². The lowest BCUT2D eigenvalue weighted by Gasteiger charge is -2.17. The zero-order valence-corrected chi connectivity index (χ0v) is 10.6. The standard InChI is InChI=1S/C14H17N3O/c1-10-12(8-5-9-15-10)14-16-13(17-18-14)11-6-3-2-4-7-11/h5,8-9,11H,2-4,6-7H2,1H3. The van der Waals surface area contributed by atoms with E-state index in [0.29, 0.717) is 11.8 Å². The Balaban J connectivity index is 1.87. The fraction of sp³-hybridized carbons (Fsp3) is 0.500. The van der Waals surface area contributed by atoms with E-state index in [2.05, 4.69) is 15.1 Å². The summed E-state index contributed by atoms with van der Waals surface area (Å²) in [6.45, 7) is 1.96. The highest BCUT2D eigenvalue weighted by Crippen LogP contribution is 2.32. The maximum absolute atomic E-state index is 5.38. The van der Waals surface area contributed by atoms with Crippen molar-refractivity contribution in [2.45, 2.75) is 44.9 Å². The Bertz CT molecular complexity index is 529. The van der Waals surface area contributed by atoms with Gasteiger partial charge in [-0.2, -0.15) is 4.98 Å². The molecular formula is C14H17N3O. The first-order valence-electron chi connectivity index (χ1n) is 6.60. The molecule has 0 amide bonds. The molecule has 4 heteroatoms. The second-order valence-corrected chi connectivity index (χ2v) is 4.93. The topological polar surface area (TPSA) is 51.8 Å². The lowest BCUT2D eigenvalue weighted by Crippen LogP contribution is -2.06. The minimum atomic E-state index is 0.480. The molecule has 1 fully saturated rings. The second kappa shape index (κ2) is 4.88. The van der Waals surface area contributed by atoms with E-state index in [1.807, 2.05) is 19.1 Å². The molecule has 3 rings (SSSR count). The van der Waals surface area contributed by atoms with Crippen molar-refractivity contribution in [2.75, 3.05) is 0 Å². The van der Waals surface area contributed by atoms with Gasteiger partial charge in [0.15, 0.2) is 5.82 Å². The van der Waals surface area contributed by atoms with Crippen molar-refractivity contribution in [3.63, 3.8) is 0 Å². The van der Waals surface area contributed by atoms with Gasteiger partial charge in [0.1, 0.15) is 0 Å². The number of rotatable bonds is 2. The molecule has 1 saturated carbocycles. The third-order valence-corrected chi connectivity index (χ3v) is 3.65. The van der Waals surface area contributed by atoms with Gasteiger partial charge in [-0.15, -0.1) is 0 Å². The third-order valence-electron chi connectivity index (χ3n) is 3.65. The number of nitrogens with zero attached hydrogens (tertiary/aromatic N) is 3. The highest BCUT2D eigenvalue weighted by Gasteiger charge is 2.21. The number of aromatic nitrogens is 3. The van der Waals surface area contributed by atoms with Crippen LogP contribution in [-0.2, 0) is 0 Å². The van der Waals surface area contributed by atoms with E-state index in [0.717, 1.165) is 17.1 Å².